The Kier molecular flexibility index (Phi) is 2.98. The monoisotopic (exact) mass is 347 g/mol. The number of para-hydroxylation sites is 1. The lowest BCUT2D eigenvalue weighted by molar-refractivity contribution is -0.180. The van der Waals surface area contributed by atoms with Crippen LogP contribution >= 0.6 is 11.6 Å². The number of amides is 2. The molecule has 3 fully saturated rings. The minimum Gasteiger partial charge on any atom is -0.357 e. The zero-order valence-electron chi connectivity index (χ0n) is 12.6. The zero-order valence-corrected chi connectivity index (χ0v) is 13.3. The van der Waals surface area contributed by atoms with Crippen LogP contribution in [0.25, 0.3) is 0 Å². The minimum atomic E-state index is -1.03. The normalized spacial score (nSPS) is 37.7. The Labute approximate surface area is 142 Å². The number of fused-ring (bicyclic) bond motifs is 5. The molecule has 0 unspecified atom stereocenters. The molecule has 0 N–H and O–H groups in total. The summed E-state index contributed by atoms with van der Waals surface area (Å²) in [7, 11) is 0. The summed E-state index contributed by atoms with van der Waals surface area (Å²) in [6, 6.07) is 6.84. The molecule has 124 valence electrons. The summed E-state index contributed by atoms with van der Waals surface area (Å²) < 4.78 is 17.2. The van der Waals surface area contributed by atoms with Gasteiger partial charge < -0.3 is 14.2 Å². The average molecular weight is 348 g/mol. The number of rotatable bonds is 2. The van der Waals surface area contributed by atoms with E-state index in [1.807, 2.05) is 12.2 Å². The van der Waals surface area contributed by atoms with Crippen molar-refractivity contribution in [1.82, 2.24) is 0 Å². The van der Waals surface area contributed by atoms with E-state index in [9.17, 15) is 9.59 Å². The lowest BCUT2D eigenvalue weighted by Crippen LogP contribution is -2.49. The smallest absolute Gasteiger partial charge is 0.241 e. The first-order valence-electron chi connectivity index (χ1n) is 7.86. The van der Waals surface area contributed by atoms with E-state index < -0.39 is 29.8 Å². The second-order valence-electron chi connectivity index (χ2n) is 6.34. The van der Waals surface area contributed by atoms with Gasteiger partial charge in [0, 0.05) is 0 Å². The van der Waals surface area contributed by atoms with Crippen molar-refractivity contribution < 1.29 is 23.8 Å². The molecule has 3 saturated heterocycles. The van der Waals surface area contributed by atoms with E-state index in [0.29, 0.717) is 23.9 Å². The Morgan fingerprint density at radius 1 is 1.12 bits per heavy atom. The van der Waals surface area contributed by atoms with E-state index in [2.05, 4.69) is 0 Å². The molecule has 1 aromatic carbocycles. The van der Waals surface area contributed by atoms with E-state index in [-0.39, 0.29) is 11.8 Å². The molecule has 2 amide bonds. The summed E-state index contributed by atoms with van der Waals surface area (Å²) in [5.41, 5.74) is -0.624. The summed E-state index contributed by atoms with van der Waals surface area (Å²) in [6.07, 6.45) is 2.53. The van der Waals surface area contributed by atoms with Crippen LogP contribution < -0.4 is 4.90 Å². The maximum absolute atomic E-state index is 13.1. The van der Waals surface area contributed by atoms with Gasteiger partial charge in [-0.2, -0.15) is 0 Å². The lowest BCUT2D eigenvalue weighted by Gasteiger charge is -2.32. The predicted molar refractivity (Wildman–Crippen MR) is 83.4 cm³/mol. The Balaban J connectivity index is 1.59. The van der Waals surface area contributed by atoms with Crippen LogP contribution in [0.5, 0.6) is 0 Å². The molecule has 4 heterocycles. The third kappa shape index (κ3) is 1.66. The molecule has 6 nitrogen and oxygen atoms in total. The van der Waals surface area contributed by atoms with Gasteiger partial charge in [0.05, 0.1) is 41.9 Å². The van der Waals surface area contributed by atoms with Gasteiger partial charge in [0.25, 0.3) is 0 Å². The van der Waals surface area contributed by atoms with E-state index in [1.54, 1.807) is 24.3 Å². The summed E-state index contributed by atoms with van der Waals surface area (Å²) in [6.45, 7) is 0.893. The van der Waals surface area contributed by atoms with Gasteiger partial charge in [0.1, 0.15) is 0 Å². The molecule has 4 aliphatic heterocycles. The second kappa shape index (κ2) is 4.89. The van der Waals surface area contributed by atoms with Gasteiger partial charge in [0.15, 0.2) is 11.9 Å². The fourth-order valence-corrected chi connectivity index (χ4v) is 4.42. The summed E-state index contributed by atoms with van der Waals surface area (Å²) in [5.74, 6) is -1.82. The Hall–Kier alpha value is -1.73. The van der Waals surface area contributed by atoms with E-state index >= 15 is 0 Å². The van der Waals surface area contributed by atoms with Crippen LogP contribution in [0.15, 0.2) is 36.4 Å². The number of hydrogen-bond acceptors (Lipinski definition) is 5. The number of nitrogens with zero attached hydrogens (tertiary/aromatic N) is 1. The van der Waals surface area contributed by atoms with Crippen LogP contribution in [0, 0.1) is 11.8 Å². The number of anilines is 1. The largest absolute Gasteiger partial charge is 0.357 e. The van der Waals surface area contributed by atoms with Gasteiger partial charge in [-0.15, -0.1) is 0 Å². The fraction of sp³-hybridized carbons (Fsp3) is 0.412. The molecule has 0 radical (unpaired) electrons. The minimum absolute atomic E-state index is 0.285. The van der Waals surface area contributed by atoms with Crippen molar-refractivity contribution in [2.75, 3.05) is 18.1 Å². The van der Waals surface area contributed by atoms with Crippen molar-refractivity contribution in [3.8, 4) is 0 Å². The summed E-state index contributed by atoms with van der Waals surface area (Å²) in [4.78, 5) is 27.3. The van der Waals surface area contributed by atoms with Crippen molar-refractivity contribution in [3.63, 3.8) is 0 Å². The molecule has 7 heteroatoms. The third-order valence-electron chi connectivity index (χ3n) is 5.16. The molecule has 2 bridgehead atoms. The first kappa shape index (κ1) is 14.6. The zero-order chi connectivity index (χ0) is 16.5. The number of hydrogen-bond donors (Lipinski definition) is 0. The van der Waals surface area contributed by atoms with Crippen LogP contribution in [0.1, 0.15) is 0 Å². The van der Waals surface area contributed by atoms with Crippen LogP contribution in [0.2, 0.25) is 5.02 Å². The van der Waals surface area contributed by atoms with E-state index in [1.165, 1.54) is 4.90 Å². The van der Waals surface area contributed by atoms with Gasteiger partial charge in [-0.05, 0) is 18.2 Å². The van der Waals surface area contributed by atoms with Gasteiger partial charge in [-0.1, -0.05) is 29.8 Å². The van der Waals surface area contributed by atoms with E-state index in [4.69, 9.17) is 25.8 Å². The Morgan fingerprint density at radius 3 is 2.62 bits per heavy atom. The summed E-state index contributed by atoms with van der Waals surface area (Å²) in [5, 5.41) is 0.364. The molecule has 0 spiro atoms. The van der Waals surface area contributed by atoms with Crippen molar-refractivity contribution in [1.29, 1.82) is 0 Å². The standard InChI is InChI=1S/C17H14ClNO5/c18-9-3-1-2-4-10(9)19-14(20)12-11-5-6-17(24-11,13(12)15(19)21)16-22-7-8-23-16/h1-6,11-13,16H,7-8H2/t11-,12+,13-,17-/m1/s1. The fourth-order valence-electron chi connectivity index (χ4n) is 4.20. The van der Waals surface area contributed by atoms with Crippen molar-refractivity contribution >= 4 is 29.1 Å². The number of carbonyl (C=O) groups is 2. The Bertz CT molecular complexity index is 774. The second-order valence-corrected chi connectivity index (χ2v) is 6.74. The molecule has 4 aliphatic rings. The van der Waals surface area contributed by atoms with Crippen molar-refractivity contribution in [3.05, 3.63) is 41.4 Å². The molecule has 0 aromatic heterocycles. The third-order valence-corrected chi connectivity index (χ3v) is 5.48. The summed E-state index contributed by atoms with van der Waals surface area (Å²) >= 11 is 6.20. The SMILES string of the molecule is O=C1[C@H]2[C@H]3C=C[C@@](C4OCCO4)(O3)[C@H]2C(=O)N1c1ccccc1Cl. The van der Waals surface area contributed by atoms with Crippen molar-refractivity contribution in [2.45, 2.75) is 18.0 Å². The van der Waals surface area contributed by atoms with Crippen molar-refractivity contribution in [2.24, 2.45) is 11.8 Å². The van der Waals surface area contributed by atoms with Crippen LogP contribution in [0.4, 0.5) is 5.69 Å². The number of halogens is 1. The Morgan fingerprint density at radius 2 is 1.88 bits per heavy atom. The topological polar surface area (TPSA) is 65.1 Å². The van der Waals surface area contributed by atoms with Gasteiger partial charge in [-0.25, -0.2) is 4.90 Å². The van der Waals surface area contributed by atoms with Crippen LogP contribution in [0.3, 0.4) is 0 Å². The van der Waals surface area contributed by atoms with Crippen LogP contribution in [-0.2, 0) is 23.8 Å². The highest BCUT2D eigenvalue weighted by Crippen LogP contribution is 2.55. The molecule has 4 atom stereocenters. The number of ether oxygens (including phenoxy) is 3. The van der Waals surface area contributed by atoms with Gasteiger partial charge in [0.2, 0.25) is 11.8 Å². The quantitative estimate of drug-likeness (QED) is 0.599. The number of imide groups is 1. The molecule has 1 aromatic rings. The molecule has 24 heavy (non-hydrogen) atoms. The maximum Gasteiger partial charge on any atom is 0.241 e. The lowest BCUT2D eigenvalue weighted by atomic mass is 9.76. The van der Waals surface area contributed by atoms with E-state index in [0.717, 1.165) is 0 Å². The predicted octanol–water partition coefficient (Wildman–Crippen LogP) is 1.53. The van der Waals surface area contributed by atoms with Gasteiger partial charge in [-0.3, -0.25) is 9.59 Å². The maximum atomic E-state index is 13.1. The molecule has 0 saturated carbocycles. The molecular weight excluding hydrogens is 334 g/mol. The molecule has 0 aliphatic carbocycles. The highest BCUT2D eigenvalue weighted by atomic mass is 35.5. The highest BCUT2D eigenvalue weighted by molar-refractivity contribution is 6.36. The first-order valence-corrected chi connectivity index (χ1v) is 8.24. The first-order chi connectivity index (χ1) is 11.6. The number of carbonyl (C=O) groups excluding carboxylic acids is 2. The average Bonchev–Trinajstić information content (AvgIpc) is 3.33. The van der Waals surface area contributed by atoms with Crippen LogP contribution in [-0.4, -0.2) is 43.0 Å². The molecule has 5 rings (SSSR count). The highest BCUT2D eigenvalue weighted by Gasteiger charge is 2.71. The van der Waals surface area contributed by atoms with Gasteiger partial charge >= 0.3 is 0 Å². The molecular formula is C17H14ClNO5. The number of benzene rings is 1.